The first-order valence-electron chi connectivity index (χ1n) is 8.54. The highest BCUT2D eigenvalue weighted by molar-refractivity contribution is 4.64. The van der Waals surface area contributed by atoms with E-state index in [-0.39, 0.29) is 0 Å². The number of ether oxygens (including phenoxy) is 3. The van der Waals surface area contributed by atoms with Gasteiger partial charge in [-0.15, -0.1) is 0 Å². The molecule has 0 bridgehead atoms. The van der Waals surface area contributed by atoms with Gasteiger partial charge in [-0.1, -0.05) is 58.8 Å². The monoisotopic (exact) mass is 287 g/mol. The summed E-state index contributed by atoms with van der Waals surface area (Å²) in [6.45, 7) is 8.95. The number of hydrogen-bond acceptors (Lipinski definition) is 3. The second kappa shape index (κ2) is 16.9. The first kappa shape index (κ1) is 19.9. The molecule has 3 heteroatoms. The second-order valence-electron chi connectivity index (χ2n) is 5.18. The first-order valence-corrected chi connectivity index (χ1v) is 8.54. The van der Waals surface area contributed by atoms with E-state index in [1.165, 1.54) is 44.9 Å². The van der Waals surface area contributed by atoms with Crippen molar-refractivity contribution in [2.24, 2.45) is 0 Å². The number of rotatable bonds is 16. The third kappa shape index (κ3) is 14.3. The van der Waals surface area contributed by atoms with E-state index in [1.807, 2.05) is 6.92 Å². The van der Waals surface area contributed by atoms with Gasteiger partial charge < -0.3 is 14.2 Å². The lowest BCUT2D eigenvalue weighted by Crippen LogP contribution is -2.16. The van der Waals surface area contributed by atoms with Crippen molar-refractivity contribution in [3.05, 3.63) is 6.29 Å². The zero-order valence-corrected chi connectivity index (χ0v) is 13.9. The minimum atomic E-state index is 0.466. The Morgan fingerprint density at radius 2 is 1.25 bits per heavy atom. The molecule has 0 heterocycles. The minimum absolute atomic E-state index is 0.466. The smallest absolute Gasteiger partial charge is 0.250 e. The Hall–Kier alpha value is -0.120. The van der Waals surface area contributed by atoms with Crippen LogP contribution in [0.3, 0.4) is 0 Å². The van der Waals surface area contributed by atoms with Gasteiger partial charge in [0, 0.05) is 6.61 Å². The summed E-state index contributed by atoms with van der Waals surface area (Å²) in [5, 5.41) is 0. The first-order chi connectivity index (χ1) is 9.85. The molecule has 3 nitrogen and oxygen atoms in total. The van der Waals surface area contributed by atoms with Gasteiger partial charge in [0.05, 0.1) is 13.2 Å². The van der Waals surface area contributed by atoms with Crippen molar-refractivity contribution < 1.29 is 14.2 Å². The summed E-state index contributed by atoms with van der Waals surface area (Å²) in [5.74, 6) is 0. The van der Waals surface area contributed by atoms with Crippen molar-refractivity contribution in [2.45, 2.75) is 78.6 Å². The van der Waals surface area contributed by atoms with Crippen LogP contribution in [0.2, 0.25) is 0 Å². The van der Waals surface area contributed by atoms with E-state index in [1.54, 1.807) is 0 Å². The predicted molar refractivity (Wildman–Crippen MR) is 84.5 cm³/mol. The predicted octanol–water partition coefficient (Wildman–Crippen LogP) is 5.10. The van der Waals surface area contributed by atoms with Crippen molar-refractivity contribution in [1.29, 1.82) is 0 Å². The molecule has 0 saturated carbocycles. The SMILES string of the molecule is CCCCCCCCCCO[C](COCC)OCCC. The standard InChI is InChI=1S/C17H35O3/c1-4-7-8-9-10-11-12-13-15-20-17(16-18-6-3)19-14-5-2/h4-16H2,1-3H3. The van der Waals surface area contributed by atoms with Crippen molar-refractivity contribution in [1.82, 2.24) is 0 Å². The van der Waals surface area contributed by atoms with Crippen LogP contribution in [-0.2, 0) is 14.2 Å². The molecule has 0 aliphatic rings. The second-order valence-corrected chi connectivity index (χ2v) is 5.18. The number of unbranched alkanes of at least 4 members (excludes halogenated alkanes) is 7. The van der Waals surface area contributed by atoms with Gasteiger partial charge in [0.25, 0.3) is 0 Å². The largest absolute Gasteiger partial charge is 0.376 e. The minimum Gasteiger partial charge on any atom is -0.376 e. The maximum absolute atomic E-state index is 5.66. The van der Waals surface area contributed by atoms with Crippen LogP contribution in [0.4, 0.5) is 0 Å². The topological polar surface area (TPSA) is 27.7 Å². The highest BCUT2D eigenvalue weighted by atomic mass is 16.7. The van der Waals surface area contributed by atoms with Crippen LogP contribution in [0.25, 0.3) is 0 Å². The molecule has 121 valence electrons. The van der Waals surface area contributed by atoms with Gasteiger partial charge in [-0.05, 0) is 19.8 Å². The fraction of sp³-hybridized carbons (Fsp3) is 0.941. The Morgan fingerprint density at radius 1 is 0.650 bits per heavy atom. The fourth-order valence-corrected chi connectivity index (χ4v) is 1.95. The molecule has 20 heavy (non-hydrogen) atoms. The number of hydrogen-bond donors (Lipinski definition) is 0. The molecule has 0 fully saturated rings. The van der Waals surface area contributed by atoms with E-state index in [9.17, 15) is 0 Å². The molecule has 0 aromatic rings. The normalized spacial score (nSPS) is 11.4. The summed E-state index contributed by atoms with van der Waals surface area (Å²) in [4.78, 5) is 0. The van der Waals surface area contributed by atoms with Gasteiger partial charge in [0.1, 0.15) is 6.61 Å². The van der Waals surface area contributed by atoms with Gasteiger partial charge in [-0.3, -0.25) is 0 Å². The lowest BCUT2D eigenvalue weighted by atomic mass is 10.1. The van der Waals surface area contributed by atoms with Crippen LogP contribution in [-0.4, -0.2) is 26.4 Å². The zero-order chi connectivity index (χ0) is 14.9. The molecule has 0 spiro atoms. The average Bonchev–Trinajstić information content (AvgIpc) is 2.47. The molecule has 0 unspecified atom stereocenters. The Balaban J connectivity index is 3.38. The van der Waals surface area contributed by atoms with Crippen LogP contribution in [0.5, 0.6) is 0 Å². The van der Waals surface area contributed by atoms with Crippen LogP contribution < -0.4 is 0 Å². The molecular weight excluding hydrogens is 252 g/mol. The molecule has 0 N–H and O–H groups in total. The maximum atomic E-state index is 5.66. The molecule has 0 aromatic carbocycles. The van der Waals surface area contributed by atoms with Crippen molar-refractivity contribution in [3.63, 3.8) is 0 Å². The average molecular weight is 287 g/mol. The van der Waals surface area contributed by atoms with Gasteiger partial charge in [0.2, 0.25) is 6.29 Å². The zero-order valence-electron chi connectivity index (χ0n) is 13.9. The summed E-state index contributed by atoms with van der Waals surface area (Å²) in [6.07, 6.45) is 12.2. The van der Waals surface area contributed by atoms with Crippen LogP contribution >= 0.6 is 0 Å². The van der Waals surface area contributed by atoms with Gasteiger partial charge >= 0.3 is 0 Å². The third-order valence-corrected chi connectivity index (χ3v) is 3.15. The van der Waals surface area contributed by atoms with Crippen molar-refractivity contribution in [2.75, 3.05) is 26.4 Å². The van der Waals surface area contributed by atoms with E-state index < -0.39 is 0 Å². The Labute approximate surface area is 126 Å². The lowest BCUT2D eigenvalue weighted by Gasteiger charge is -2.16. The molecule has 0 aromatic heterocycles. The molecule has 0 atom stereocenters. The maximum Gasteiger partial charge on any atom is 0.250 e. The van der Waals surface area contributed by atoms with Crippen LogP contribution in [0, 0.1) is 6.29 Å². The van der Waals surface area contributed by atoms with E-state index in [0.717, 1.165) is 19.4 Å². The quantitative estimate of drug-likeness (QED) is 0.370. The van der Waals surface area contributed by atoms with E-state index in [4.69, 9.17) is 14.2 Å². The summed E-state index contributed by atoms with van der Waals surface area (Å²) >= 11 is 0. The molecular formula is C17H35O3. The molecule has 0 aliphatic heterocycles. The van der Waals surface area contributed by atoms with E-state index in [0.29, 0.717) is 26.1 Å². The highest BCUT2D eigenvalue weighted by Gasteiger charge is 2.11. The van der Waals surface area contributed by atoms with Crippen molar-refractivity contribution >= 4 is 0 Å². The van der Waals surface area contributed by atoms with E-state index in [2.05, 4.69) is 13.8 Å². The van der Waals surface area contributed by atoms with Crippen LogP contribution in [0.1, 0.15) is 78.6 Å². The lowest BCUT2D eigenvalue weighted by molar-refractivity contribution is -0.0838. The summed E-state index contributed by atoms with van der Waals surface area (Å²) in [5.41, 5.74) is 0. The van der Waals surface area contributed by atoms with Crippen molar-refractivity contribution in [3.8, 4) is 0 Å². The molecule has 1 radical (unpaired) electrons. The van der Waals surface area contributed by atoms with Gasteiger partial charge in [-0.2, -0.15) is 0 Å². The third-order valence-electron chi connectivity index (χ3n) is 3.15. The Bertz CT molecular complexity index is 166. The molecule has 0 rings (SSSR count). The Kier molecular flexibility index (Phi) is 16.8. The molecule has 0 saturated heterocycles. The molecule has 0 aliphatic carbocycles. The highest BCUT2D eigenvalue weighted by Crippen LogP contribution is 2.11. The summed E-state index contributed by atoms with van der Waals surface area (Å²) in [7, 11) is 0. The summed E-state index contributed by atoms with van der Waals surface area (Å²) < 4.78 is 16.5. The fourth-order valence-electron chi connectivity index (χ4n) is 1.95. The van der Waals surface area contributed by atoms with Gasteiger partial charge in [-0.25, -0.2) is 0 Å². The van der Waals surface area contributed by atoms with Crippen LogP contribution in [0.15, 0.2) is 0 Å². The van der Waals surface area contributed by atoms with E-state index >= 15 is 0 Å². The Morgan fingerprint density at radius 3 is 1.85 bits per heavy atom. The van der Waals surface area contributed by atoms with Gasteiger partial charge in [0.15, 0.2) is 0 Å². The summed E-state index contributed by atoms with van der Waals surface area (Å²) in [6, 6.07) is 0. The molecule has 0 amide bonds.